The van der Waals surface area contributed by atoms with Crippen molar-refractivity contribution in [3.05, 3.63) is 35.9 Å². The smallest absolute Gasteiger partial charge is 0.0512 e. The van der Waals surface area contributed by atoms with E-state index in [4.69, 9.17) is 0 Å². The van der Waals surface area contributed by atoms with Gasteiger partial charge in [0.05, 0.1) is 6.10 Å². The lowest BCUT2D eigenvalue weighted by atomic mass is 9.89. The molecular weight excluding hydrogens is 184 g/mol. The molecule has 0 aliphatic rings. The summed E-state index contributed by atoms with van der Waals surface area (Å²) in [5.74, 6) is 0.616. The van der Waals surface area contributed by atoms with Crippen LogP contribution >= 0.6 is 0 Å². The number of hydrogen-bond donors (Lipinski definition) is 1. The Morgan fingerprint density at radius 1 is 1.07 bits per heavy atom. The van der Waals surface area contributed by atoms with Crippen molar-refractivity contribution >= 4 is 0 Å². The van der Waals surface area contributed by atoms with Crippen molar-refractivity contribution in [2.45, 2.75) is 51.6 Å². The Morgan fingerprint density at radius 3 is 2.27 bits per heavy atom. The summed E-state index contributed by atoms with van der Waals surface area (Å²) in [5, 5.41) is 9.32. The summed E-state index contributed by atoms with van der Waals surface area (Å²) in [7, 11) is 0. The largest absolute Gasteiger partial charge is 0.393 e. The van der Waals surface area contributed by atoms with Crippen LogP contribution in [0.3, 0.4) is 0 Å². The molecule has 1 rings (SSSR count). The van der Waals surface area contributed by atoms with E-state index in [9.17, 15) is 5.11 Å². The lowest BCUT2D eigenvalue weighted by Gasteiger charge is -2.17. The van der Waals surface area contributed by atoms with Gasteiger partial charge in [-0.1, -0.05) is 43.7 Å². The van der Waals surface area contributed by atoms with Gasteiger partial charge in [-0.2, -0.15) is 0 Å². The molecule has 2 unspecified atom stereocenters. The summed E-state index contributed by atoms with van der Waals surface area (Å²) in [6.45, 7) is 4.09. The SMILES string of the molecule is CCCC(CCC(C)O)c1ccccc1. The highest BCUT2D eigenvalue weighted by Crippen LogP contribution is 2.26. The molecular formula is C14H22O. The molecule has 2 atom stereocenters. The fourth-order valence-electron chi connectivity index (χ4n) is 1.99. The van der Waals surface area contributed by atoms with E-state index in [1.165, 1.54) is 18.4 Å². The zero-order valence-corrected chi connectivity index (χ0v) is 9.82. The van der Waals surface area contributed by atoms with Crippen LogP contribution in [0.15, 0.2) is 30.3 Å². The zero-order chi connectivity index (χ0) is 11.1. The lowest BCUT2D eigenvalue weighted by molar-refractivity contribution is 0.177. The van der Waals surface area contributed by atoms with Gasteiger partial charge in [0, 0.05) is 0 Å². The maximum atomic E-state index is 9.32. The molecule has 1 aromatic rings. The fraction of sp³-hybridized carbons (Fsp3) is 0.571. The van der Waals surface area contributed by atoms with Gasteiger partial charge in [-0.05, 0) is 37.7 Å². The number of aliphatic hydroxyl groups is 1. The summed E-state index contributed by atoms with van der Waals surface area (Å²) in [5.41, 5.74) is 1.42. The minimum absolute atomic E-state index is 0.173. The van der Waals surface area contributed by atoms with Crippen LogP contribution in [0.2, 0.25) is 0 Å². The van der Waals surface area contributed by atoms with Gasteiger partial charge in [0.25, 0.3) is 0 Å². The molecule has 0 aliphatic carbocycles. The van der Waals surface area contributed by atoms with Gasteiger partial charge in [-0.25, -0.2) is 0 Å². The quantitative estimate of drug-likeness (QED) is 0.752. The Bertz CT molecular complexity index is 253. The van der Waals surface area contributed by atoms with Crippen molar-refractivity contribution in [3.63, 3.8) is 0 Å². The lowest BCUT2D eigenvalue weighted by Crippen LogP contribution is -2.05. The van der Waals surface area contributed by atoms with Crippen LogP contribution in [0.4, 0.5) is 0 Å². The zero-order valence-electron chi connectivity index (χ0n) is 9.82. The predicted octanol–water partition coefficient (Wildman–Crippen LogP) is 3.73. The standard InChI is InChI=1S/C14H22O/c1-3-7-13(11-10-12(2)15)14-8-5-4-6-9-14/h4-6,8-9,12-13,15H,3,7,10-11H2,1-2H3. The molecule has 84 valence electrons. The number of benzene rings is 1. The summed E-state index contributed by atoms with van der Waals surface area (Å²) in [6, 6.07) is 10.6. The monoisotopic (exact) mass is 206 g/mol. The molecule has 0 heterocycles. The van der Waals surface area contributed by atoms with Gasteiger partial charge in [0.1, 0.15) is 0 Å². The van der Waals surface area contributed by atoms with E-state index in [1.807, 2.05) is 6.92 Å². The summed E-state index contributed by atoms with van der Waals surface area (Å²) in [6.07, 6.45) is 4.25. The second-order valence-corrected chi connectivity index (χ2v) is 4.32. The van der Waals surface area contributed by atoms with Crippen LogP contribution in [0.5, 0.6) is 0 Å². The van der Waals surface area contributed by atoms with E-state index in [2.05, 4.69) is 37.3 Å². The van der Waals surface area contributed by atoms with Gasteiger partial charge in [-0.3, -0.25) is 0 Å². The summed E-state index contributed by atoms with van der Waals surface area (Å²) >= 11 is 0. The van der Waals surface area contributed by atoms with Crippen LogP contribution in [0.25, 0.3) is 0 Å². The number of aliphatic hydroxyl groups excluding tert-OH is 1. The Kier molecular flexibility index (Phi) is 5.41. The van der Waals surface area contributed by atoms with Crippen LogP contribution in [0, 0.1) is 0 Å². The molecule has 0 radical (unpaired) electrons. The number of rotatable bonds is 6. The second-order valence-electron chi connectivity index (χ2n) is 4.32. The Balaban J connectivity index is 2.57. The average Bonchev–Trinajstić information content (AvgIpc) is 2.25. The van der Waals surface area contributed by atoms with Crippen molar-refractivity contribution in [1.29, 1.82) is 0 Å². The molecule has 1 heteroatoms. The van der Waals surface area contributed by atoms with Crippen molar-refractivity contribution in [1.82, 2.24) is 0 Å². The third-order valence-corrected chi connectivity index (χ3v) is 2.84. The molecule has 0 amide bonds. The molecule has 0 saturated carbocycles. The van der Waals surface area contributed by atoms with Gasteiger partial charge >= 0.3 is 0 Å². The molecule has 1 aromatic carbocycles. The van der Waals surface area contributed by atoms with E-state index >= 15 is 0 Å². The van der Waals surface area contributed by atoms with Gasteiger partial charge in [-0.15, -0.1) is 0 Å². The van der Waals surface area contributed by atoms with E-state index in [0.717, 1.165) is 12.8 Å². The first-order chi connectivity index (χ1) is 7.24. The van der Waals surface area contributed by atoms with E-state index in [1.54, 1.807) is 0 Å². The molecule has 0 spiro atoms. The Morgan fingerprint density at radius 2 is 1.73 bits per heavy atom. The highest BCUT2D eigenvalue weighted by Gasteiger charge is 2.10. The maximum absolute atomic E-state index is 9.32. The normalized spacial score (nSPS) is 14.9. The highest BCUT2D eigenvalue weighted by atomic mass is 16.3. The first-order valence-corrected chi connectivity index (χ1v) is 5.97. The first kappa shape index (κ1) is 12.3. The Hall–Kier alpha value is -0.820. The van der Waals surface area contributed by atoms with Gasteiger partial charge < -0.3 is 5.11 Å². The molecule has 0 fully saturated rings. The van der Waals surface area contributed by atoms with Crippen molar-refractivity contribution in [3.8, 4) is 0 Å². The van der Waals surface area contributed by atoms with Crippen LogP contribution in [0.1, 0.15) is 51.0 Å². The van der Waals surface area contributed by atoms with E-state index < -0.39 is 0 Å². The van der Waals surface area contributed by atoms with Crippen molar-refractivity contribution in [2.24, 2.45) is 0 Å². The molecule has 0 aliphatic heterocycles. The minimum atomic E-state index is -0.173. The molecule has 0 saturated heterocycles. The molecule has 0 aromatic heterocycles. The van der Waals surface area contributed by atoms with Crippen molar-refractivity contribution in [2.75, 3.05) is 0 Å². The first-order valence-electron chi connectivity index (χ1n) is 5.97. The van der Waals surface area contributed by atoms with E-state index in [-0.39, 0.29) is 6.10 Å². The summed E-state index contributed by atoms with van der Waals surface area (Å²) in [4.78, 5) is 0. The summed E-state index contributed by atoms with van der Waals surface area (Å²) < 4.78 is 0. The predicted molar refractivity (Wildman–Crippen MR) is 65.0 cm³/mol. The fourth-order valence-corrected chi connectivity index (χ4v) is 1.99. The van der Waals surface area contributed by atoms with Crippen LogP contribution < -0.4 is 0 Å². The average molecular weight is 206 g/mol. The molecule has 15 heavy (non-hydrogen) atoms. The molecule has 0 bridgehead atoms. The number of hydrogen-bond acceptors (Lipinski definition) is 1. The second kappa shape index (κ2) is 6.62. The van der Waals surface area contributed by atoms with Gasteiger partial charge in [0.15, 0.2) is 0 Å². The molecule has 1 N–H and O–H groups in total. The molecule has 1 nitrogen and oxygen atoms in total. The maximum Gasteiger partial charge on any atom is 0.0512 e. The third-order valence-electron chi connectivity index (χ3n) is 2.84. The topological polar surface area (TPSA) is 20.2 Å². The van der Waals surface area contributed by atoms with Crippen LogP contribution in [-0.4, -0.2) is 11.2 Å². The van der Waals surface area contributed by atoms with E-state index in [0.29, 0.717) is 5.92 Å². The highest BCUT2D eigenvalue weighted by molar-refractivity contribution is 5.19. The van der Waals surface area contributed by atoms with Crippen LogP contribution in [-0.2, 0) is 0 Å². The van der Waals surface area contributed by atoms with Gasteiger partial charge in [0.2, 0.25) is 0 Å². The third kappa shape index (κ3) is 4.48. The Labute approximate surface area is 93.1 Å². The van der Waals surface area contributed by atoms with Crippen molar-refractivity contribution < 1.29 is 5.11 Å². The minimum Gasteiger partial charge on any atom is -0.393 e.